The molecule has 2 rings (SSSR count). The summed E-state index contributed by atoms with van der Waals surface area (Å²) in [4.78, 5) is 22.6. The van der Waals surface area contributed by atoms with Crippen LogP contribution in [0.2, 0.25) is 0 Å². The fraction of sp³-hybridized carbons (Fsp3) is 0.533. The van der Waals surface area contributed by atoms with Gasteiger partial charge >= 0.3 is 6.09 Å². The van der Waals surface area contributed by atoms with E-state index in [0.717, 1.165) is 25.7 Å². The Balaban J connectivity index is 1.91. The predicted octanol–water partition coefficient (Wildman–Crippen LogP) is 4.20. The minimum absolute atomic E-state index is 0.211. The summed E-state index contributed by atoms with van der Waals surface area (Å²) < 4.78 is 5.33. The van der Waals surface area contributed by atoms with Crippen LogP contribution < -0.4 is 5.32 Å². The molecule has 0 aromatic heterocycles. The number of carbonyl (C=O) groups excluding carboxylic acids is 1. The van der Waals surface area contributed by atoms with Crippen molar-refractivity contribution in [2.45, 2.75) is 51.2 Å². The number of nitroso groups, excluding NO2 is 1. The Morgan fingerprint density at radius 3 is 2.70 bits per heavy atom. The molecule has 0 heterocycles. The molecule has 1 aliphatic carbocycles. The van der Waals surface area contributed by atoms with E-state index in [-0.39, 0.29) is 6.04 Å². The van der Waals surface area contributed by atoms with E-state index in [1.54, 1.807) is 31.2 Å². The maximum atomic E-state index is 11.9. The maximum absolute atomic E-state index is 11.9. The first kappa shape index (κ1) is 14.5. The number of amides is 1. The number of rotatable bonds is 4. The lowest BCUT2D eigenvalue weighted by Crippen LogP contribution is -2.36. The standard InChI is InChI=1S/C15H20N2O3/c1-11(13-9-5-6-10-14(13)17-19)20-15(18)16-12-7-3-2-4-8-12/h5-6,9-12H,2-4,7-8H2,1H3,(H,16,18). The van der Waals surface area contributed by atoms with Crippen LogP contribution in [0.25, 0.3) is 0 Å². The van der Waals surface area contributed by atoms with Crippen molar-refractivity contribution in [2.75, 3.05) is 0 Å². The van der Waals surface area contributed by atoms with Crippen molar-refractivity contribution < 1.29 is 9.53 Å². The van der Waals surface area contributed by atoms with E-state index in [9.17, 15) is 9.70 Å². The van der Waals surface area contributed by atoms with Crippen molar-refractivity contribution in [3.05, 3.63) is 34.7 Å². The van der Waals surface area contributed by atoms with E-state index in [4.69, 9.17) is 4.74 Å². The molecular weight excluding hydrogens is 256 g/mol. The van der Waals surface area contributed by atoms with Crippen molar-refractivity contribution in [1.82, 2.24) is 5.32 Å². The zero-order chi connectivity index (χ0) is 14.4. The Labute approximate surface area is 118 Å². The molecule has 1 N–H and O–H groups in total. The summed E-state index contributed by atoms with van der Waals surface area (Å²) in [6.07, 6.45) is 4.64. The van der Waals surface area contributed by atoms with E-state index in [1.165, 1.54) is 6.42 Å². The number of hydrogen-bond donors (Lipinski definition) is 1. The summed E-state index contributed by atoms with van der Waals surface area (Å²) in [5, 5.41) is 5.84. The molecule has 5 heteroatoms. The van der Waals surface area contributed by atoms with Gasteiger partial charge < -0.3 is 10.1 Å². The summed E-state index contributed by atoms with van der Waals surface area (Å²) in [5.41, 5.74) is 0.937. The van der Waals surface area contributed by atoms with Crippen LogP contribution >= 0.6 is 0 Å². The molecule has 1 aromatic carbocycles. The molecule has 1 fully saturated rings. The first-order valence-electron chi connectivity index (χ1n) is 7.10. The third-order valence-electron chi connectivity index (χ3n) is 3.68. The molecule has 1 atom stereocenters. The van der Waals surface area contributed by atoms with Crippen LogP contribution in [0, 0.1) is 4.91 Å². The quantitative estimate of drug-likeness (QED) is 0.838. The van der Waals surface area contributed by atoms with Gasteiger partial charge in [0, 0.05) is 11.6 Å². The van der Waals surface area contributed by atoms with Gasteiger partial charge in [-0.1, -0.05) is 37.5 Å². The normalized spacial score (nSPS) is 17.2. The molecule has 1 aromatic rings. The molecule has 1 aliphatic rings. The molecule has 5 nitrogen and oxygen atoms in total. The van der Waals surface area contributed by atoms with Gasteiger partial charge in [-0.05, 0) is 31.0 Å². The summed E-state index contributed by atoms with van der Waals surface area (Å²) in [7, 11) is 0. The minimum Gasteiger partial charge on any atom is -0.442 e. The maximum Gasteiger partial charge on any atom is 0.407 e. The lowest BCUT2D eigenvalue weighted by atomic mass is 9.96. The number of nitrogens with zero attached hydrogens (tertiary/aromatic N) is 1. The third-order valence-corrected chi connectivity index (χ3v) is 3.68. The minimum atomic E-state index is -0.493. The number of hydrogen-bond acceptors (Lipinski definition) is 4. The Morgan fingerprint density at radius 2 is 2.00 bits per heavy atom. The Hall–Kier alpha value is -1.91. The molecule has 0 bridgehead atoms. The molecular formula is C15H20N2O3. The lowest BCUT2D eigenvalue weighted by Gasteiger charge is -2.23. The Bertz CT molecular complexity index is 470. The topological polar surface area (TPSA) is 67.8 Å². The van der Waals surface area contributed by atoms with Crippen LogP contribution in [0.5, 0.6) is 0 Å². The smallest absolute Gasteiger partial charge is 0.407 e. The molecule has 1 saturated carbocycles. The van der Waals surface area contributed by atoms with Gasteiger partial charge in [-0.15, -0.1) is 4.91 Å². The number of nitrogens with one attached hydrogen (secondary N) is 1. The Morgan fingerprint density at radius 1 is 1.30 bits per heavy atom. The fourth-order valence-electron chi connectivity index (χ4n) is 2.59. The molecule has 0 saturated heterocycles. The van der Waals surface area contributed by atoms with E-state index < -0.39 is 12.2 Å². The summed E-state index contributed by atoms with van der Waals surface area (Å²) in [6, 6.07) is 7.09. The first-order valence-corrected chi connectivity index (χ1v) is 7.10. The van der Waals surface area contributed by atoms with Crippen LogP contribution in [0.1, 0.15) is 50.7 Å². The zero-order valence-electron chi connectivity index (χ0n) is 11.7. The van der Waals surface area contributed by atoms with Gasteiger partial charge in [0.1, 0.15) is 11.8 Å². The van der Waals surface area contributed by atoms with Crippen molar-refractivity contribution in [3.63, 3.8) is 0 Å². The van der Waals surface area contributed by atoms with E-state index in [0.29, 0.717) is 11.3 Å². The van der Waals surface area contributed by atoms with Crippen LogP contribution in [0.4, 0.5) is 10.5 Å². The Kier molecular flexibility index (Phi) is 5.09. The van der Waals surface area contributed by atoms with Gasteiger partial charge in [0.15, 0.2) is 0 Å². The van der Waals surface area contributed by atoms with Crippen LogP contribution in [0.3, 0.4) is 0 Å². The van der Waals surface area contributed by atoms with Gasteiger partial charge in [-0.25, -0.2) is 4.79 Å². The monoisotopic (exact) mass is 276 g/mol. The highest BCUT2D eigenvalue weighted by atomic mass is 16.6. The van der Waals surface area contributed by atoms with Crippen LogP contribution in [-0.4, -0.2) is 12.1 Å². The van der Waals surface area contributed by atoms with Gasteiger partial charge in [0.05, 0.1) is 0 Å². The second-order valence-electron chi connectivity index (χ2n) is 5.18. The van der Waals surface area contributed by atoms with Crippen LogP contribution in [0.15, 0.2) is 29.4 Å². The second-order valence-corrected chi connectivity index (χ2v) is 5.18. The molecule has 108 valence electrons. The van der Waals surface area contributed by atoms with Crippen molar-refractivity contribution >= 4 is 11.8 Å². The number of carbonyl (C=O) groups is 1. The number of alkyl carbamates (subject to hydrolysis) is 1. The van der Waals surface area contributed by atoms with E-state index in [2.05, 4.69) is 10.5 Å². The number of ether oxygens (including phenoxy) is 1. The molecule has 1 unspecified atom stereocenters. The third kappa shape index (κ3) is 3.79. The van der Waals surface area contributed by atoms with Gasteiger partial charge in [-0.3, -0.25) is 0 Å². The first-order chi connectivity index (χ1) is 9.70. The van der Waals surface area contributed by atoms with Crippen molar-refractivity contribution in [1.29, 1.82) is 0 Å². The molecule has 1 amide bonds. The second kappa shape index (κ2) is 7.03. The van der Waals surface area contributed by atoms with Crippen molar-refractivity contribution in [2.24, 2.45) is 5.18 Å². The average molecular weight is 276 g/mol. The van der Waals surface area contributed by atoms with E-state index >= 15 is 0 Å². The SMILES string of the molecule is CC(OC(=O)NC1CCCCC1)c1ccccc1N=O. The number of benzene rings is 1. The zero-order valence-corrected chi connectivity index (χ0v) is 11.7. The molecule has 0 spiro atoms. The van der Waals surface area contributed by atoms with E-state index in [1.807, 2.05) is 0 Å². The molecule has 20 heavy (non-hydrogen) atoms. The highest BCUT2D eigenvalue weighted by molar-refractivity contribution is 5.68. The summed E-state index contributed by atoms with van der Waals surface area (Å²) >= 11 is 0. The summed E-state index contributed by atoms with van der Waals surface area (Å²) in [6.45, 7) is 1.74. The van der Waals surface area contributed by atoms with Crippen LogP contribution in [-0.2, 0) is 4.74 Å². The average Bonchev–Trinajstić information content (AvgIpc) is 2.48. The predicted molar refractivity (Wildman–Crippen MR) is 76.8 cm³/mol. The largest absolute Gasteiger partial charge is 0.442 e. The molecule has 0 radical (unpaired) electrons. The molecule has 0 aliphatic heterocycles. The lowest BCUT2D eigenvalue weighted by molar-refractivity contribution is 0.102. The van der Waals surface area contributed by atoms with Crippen molar-refractivity contribution in [3.8, 4) is 0 Å². The fourth-order valence-corrected chi connectivity index (χ4v) is 2.59. The van der Waals surface area contributed by atoms with Gasteiger partial charge in [0.25, 0.3) is 0 Å². The van der Waals surface area contributed by atoms with Gasteiger partial charge in [0.2, 0.25) is 0 Å². The highest BCUT2D eigenvalue weighted by Crippen LogP contribution is 2.27. The highest BCUT2D eigenvalue weighted by Gasteiger charge is 2.19. The summed E-state index contributed by atoms with van der Waals surface area (Å²) in [5.74, 6) is 0. The van der Waals surface area contributed by atoms with Gasteiger partial charge in [-0.2, -0.15) is 0 Å².